The average molecular weight is 562 g/mol. The Hall–Kier alpha value is -2.94. The molecule has 8 heteroatoms. The van der Waals surface area contributed by atoms with Gasteiger partial charge in [0, 0.05) is 57.4 Å². The van der Waals surface area contributed by atoms with E-state index in [0.29, 0.717) is 55.1 Å². The second-order valence-electron chi connectivity index (χ2n) is 12.5. The normalized spacial score (nSPS) is 19.8. The molecule has 5 rings (SSSR count). The van der Waals surface area contributed by atoms with Crippen molar-refractivity contribution in [1.82, 2.24) is 14.7 Å². The van der Waals surface area contributed by atoms with Gasteiger partial charge in [0.25, 0.3) is 11.8 Å². The van der Waals surface area contributed by atoms with Gasteiger partial charge in [-0.25, -0.2) is 0 Å². The van der Waals surface area contributed by atoms with Crippen molar-refractivity contribution in [3.8, 4) is 0 Å². The molecule has 2 heterocycles. The molecule has 3 aliphatic rings. The highest BCUT2D eigenvalue weighted by molar-refractivity contribution is 6.03. The van der Waals surface area contributed by atoms with E-state index < -0.39 is 6.10 Å². The third-order valence-corrected chi connectivity index (χ3v) is 9.82. The van der Waals surface area contributed by atoms with E-state index in [4.69, 9.17) is 5.73 Å². The first kappa shape index (κ1) is 29.5. The maximum absolute atomic E-state index is 13.6. The summed E-state index contributed by atoms with van der Waals surface area (Å²) in [5, 5.41) is 10.9. The highest BCUT2D eigenvalue weighted by Gasteiger charge is 2.47. The Morgan fingerprint density at radius 3 is 2.39 bits per heavy atom. The Balaban J connectivity index is 1.23. The summed E-state index contributed by atoms with van der Waals surface area (Å²) in [6.07, 6.45) is 5.26. The van der Waals surface area contributed by atoms with Crippen LogP contribution in [0.25, 0.3) is 0 Å². The number of carbonyl (C=O) groups is 2. The third-order valence-electron chi connectivity index (χ3n) is 9.82. The number of nitrogens with two attached hydrogens (primary N) is 1. The van der Waals surface area contributed by atoms with Gasteiger partial charge in [-0.1, -0.05) is 24.3 Å². The van der Waals surface area contributed by atoms with Crippen molar-refractivity contribution in [2.24, 2.45) is 11.1 Å². The van der Waals surface area contributed by atoms with Crippen LogP contribution in [0.2, 0.25) is 0 Å². The van der Waals surface area contributed by atoms with Crippen LogP contribution in [0.15, 0.2) is 42.5 Å². The van der Waals surface area contributed by atoms with E-state index in [1.807, 2.05) is 41.3 Å². The third kappa shape index (κ3) is 6.30. The summed E-state index contributed by atoms with van der Waals surface area (Å²) in [7, 11) is 4.31. The van der Waals surface area contributed by atoms with Crippen LogP contribution >= 0.6 is 0 Å². The number of likely N-dealkylation sites (N-methyl/N-ethyl adjacent to an activating group) is 1. The van der Waals surface area contributed by atoms with Crippen molar-refractivity contribution >= 4 is 17.5 Å². The van der Waals surface area contributed by atoms with Crippen LogP contribution in [0.3, 0.4) is 0 Å². The largest absolute Gasteiger partial charge is 0.391 e. The lowest BCUT2D eigenvalue weighted by atomic mass is 9.60. The van der Waals surface area contributed by atoms with Crippen LogP contribution in [0.4, 0.5) is 5.69 Å². The number of amides is 2. The summed E-state index contributed by atoms with van der Waals surface area (Å²) in [6, 6.07) is 14.3. The zero-order chi connectivity index (χ0) is 29.1. The number of aryl methyl sites for hydroxylation is 1. The van der Waals surface area contributed by atoms with Crippen molar-refractivity contribution in [2.45, 2.75) is 64.1 Å². The molecule has 0 bridgehead atoms. The molecular weight excluding hydrogens is 514 g/mol. The zero-order valence-corrected chi connectivity index (χ0v) is 25.0. The molecular formula is C33H47N5O3. The molecule has 0 aromatic heterocycles. The molecule has 8 nitrogen and oxygen atoms in total. The number of likely N-dealkylation sites (tertiary alicyclic amines) is 1. The fourth-order valence-electron chi connectivity index (χ4n) is 6.99. The maximum Gasteiger partial charge on any atom is 0.256 e. The Kier molecular flexibility index (Phi) is 9.02. The number of benzene rings is 2. The van der Waals surface area contributed by atoms with Crippen LogP contribution in [0, 0.1) is 5.41 Å². The summed E-state index contributed by atoms with van der Waals surface area (Å²) in [4.78, 5) is 35.5. The van der Waals surface area contributed by atoms with Crippen molar-refractivity contribution in [2.75, 3.05) is 58.3 Å². The molecule has 222 valence electrons. The standard InChI is InChI=1S/C33H47N5O3/c1-4-36-17-18-38(23-28(39)11-9-24-7-5-6-8-26(24)22-34)32(41)29-12-10-25(19-30(29)36)31(40)37-15-13-33(14-16-37)20-27(21-33)35(2)3/h5-8,10,12,19,27-28,39H,4,9,11,13-18,20-23,34H2,1-3H3/t28-/m0/s1. The molecule has 1 spiro atoms. The van der Waals surface area contributed by atoms with Gasteiger partial charge in [-0.05, 0) is 94.3 Å². The fourth-order valence-corrected chi connectivity index (χ4v) is 6.99. The Morgan fingerprint density at radius 2 is 1.73 bits per heavy atom. The van der Waals surface area contributed by atoms with E-state index in [9.17, 15) is 14.7 Å². The summed E-state index contributed by atoms with van der Waals surface area (Å²) >= 11 is 0. The van der Waals surface area contributed by atoms with Gasteiger partial charge in [0.05, 0.1) is 17.4 Å². The minimum Gasteiger partial charge on any atom is -0.391 e. The lowest BCUT2D eigenvalue weighted by molar-refractivity contribution is -0.0231. The van der Waals surface area contributed by atoms with E-state index in [2.05, 4.69) is 36.9 Å². The van der Waals surface area contributed by atoms with Crippen LogP contribution in [0.1, 0.15) is 70.9 Å². The lowest BCUT2D eigenvalue weighted by Gasteiger charge is -2.54. The molecule has 0 unspecified atom stereocenters. The summed E-state index contributed by atoms with van der Waals surface area (Å²) in [5.74, 6) is -0.0272. The van der Waals surface area contributed by atoms with Crippen LogP contribution in [-0.2, 0) is 13.0 Å². The Labute approximate surface area is 245 Å². The molecule has 1 atom stereocenters. The lowest BCUT2D eigenvalue weighted by Crippen LogP contribution is -2.54. The number of carbonyl (C=O) groups excluding carboxylic acids is 2. The number of aliphatic hydroxyl groups excluding tert-OH is 1. The second-order valence-corrected chi connectivity index (χ2v) is 12.5. The number of piperidine rings is 1. The van der Waals surface area contributed by atoms with E-state index in [-0.39, 0.29) is 18.4 Å². The monoisotopic (exact) mass is 561 g/mol. The highest BCUT2D eigenvalue weighted by atomic mass is 16.3. The van der Waals surface area contributed by atoms with Crippen molar-refractivity contribution in [3.05, 3.63) is 64.7 Å². The minimum atomic E-state index is -0.631. The predicted molar refractivity (Wildman–Crippen MR) is 163 cm³/mol. The molecule has 2 aromatic rings. The SMILES string of the molecule is CCN1CCN(C[C@@H](O)CCc2ccccc2CN)C(=O)c2ccc(C(=O)N3CCC4(CC3)CC(N(C)C)C4)cc21. The number of anilines is 1. The number of aliphatic hydroxyl groups is 1. The van der Waals surface area contributed by atoms with Crippen molar-refractivity contribution in [3.63, 3.8) is 0 Å². The molecule has 0 radical (unpaired) electrons. The summed E-state index contributed by atoms with van der Waals surface area (Å²) in [5.41, 5.74) is 10.6. The zero-order valence-electron chi connectivity index (χ0n) is 25.0. The van der Waals surface area contributed by atoms with E-state index in [1.165, 1.54) is 12.8 Å². The van der Waals surface area contributed by atoms with Crippen molar-refractivity contribution in [1.29, 1.82) is 0 Å². The van der Waals surface area contributed by atoms with Gasteiger partial charge >= 0.3 is 0 Å². The smallest absolute Gasteiger partial charge is 0.256 e. The van der Waals surface area contributed by atoms with Gasteiger partial charge in [-0.2, -0.15) is 0 Å². The summed E-state index contributed by atoms with van der Waals surface area (Å²) in [6.45, 7) is 6.36. The first-order valence-corrected chi connectivity index (χ1v) is 15.3. The van der Waals surface area contributed by atoms with Gasteiger partial charge < -0.3 is 30.4 Å². The molecule has 2 fully saturated rings. The fraction of sp³-hybridized carbons (Fsp3) is 0.576. The summed E-state index contributed by atoms with van der Waals surface area (Å²) < 4.78 is 0. The topological polar surface area (TPSA) is 93.3 Å². The highest BCUT2D eigenvalue weighted by Crippen LogP contribution is 2.50. The van der Waals surface area contributed by atoms with Crippen LogP contribution in [0.5, 0.6) is 0 Å². The number of fused-ring (bicyclic) bond motifs is 1. The van der Waals surface area contributed by atoms with E-state index in [1.54, 1.807) is 4.90 Å². The molecule has 1 saturated carbocycles. The Morgan fingerprint density at radius 1 is 1.05 bits per heavy atom. The van der Waals surface area contributed by atoms with Crippen LogP contribution < -0.4 is 10.6 Å². The number of nitrogens with zero attached hydrogens (tertiary/aromatic N) is 4. The van der Waals surface area contributed by atoms with Gasteiger partial charge in [-0.15, -0.1) is 0 Å². The van der Waals surface area contributed by atoms with Crippen molar-refractivity contribution < 1.29 is 14.7 Å². The number of hydrogen-bond acceptors (Lipinski definition) is 6. The Bertz CT molecular complexity index is 1230. The van der Waals surface area contributed by atoms with Crippen LogP contribution in [-0.4, -0.2) is 97.1 Å². The van der Waals surface area contributed by atoms with Gasteiger partial charge in [0.2, 0.25) is 0 Å². The molecule has 1 aliphatic carbocycles. The van der Waals surface area contributed by atoms with E-state index in [0.717, 1.165) is 49.3 Å². The van der Waals surface area contributed by atoms with Gasteiger partial charge in [0.1, 0.15) is 0 Å². The molecule has 2 amide bonds. The van der Waals surface area contributed by atoms with Gasteiger partial charge in [0.15, 0.2) is 0 Å². The number of β-amino-alcohol motifs (C(OH)–C–C–N with tert-alkyl or cyclic N) is 1. The first-order valence-electron chi connectivity index (χ1n) is 15.3. The molecule has 3 N–H and O–H groups in total. The number of hydrogen-bond donors (Lipinski definition) is 2. The minimum absolute atomic E-state index is 0.0592. The second kappa shape index (κ2) is 12.5. The predicted octanol–water partition coefficient (Wildman–Crippen LogP) is 3.37. The average Bonchev–Trinajstić information content (AvgIpc) is 3.10. The molecule has 2 aliphatic heterocycles. The van der Waals surface area contributed by atoms with Gasteiger partial charge in [-0.3, -0.25) is 9.59 Å². The molecule has 41 heavy (non-hydrogen) atoms. The number of rotatable bonds is 9. The van der Waals surface area contributed by atoms with E-state index >= 15 is 0 Å². The first-order chi connectivity index (χ1) is 19.7. The molecule has 2 aromatic carbocycles. The molecule has 1 saturated heterocycles. The quantitative estimate of drug-likeness (QED) is 0.488. The maximum atomic E-state index is 13.6.